The van der Waals surface area contributed by atoms with Crippen LogP contribution in [0.4, 0.5) is 5.82 Å². The summed E-state index contributed by atoms with van der Waals surface area (Å²) in [6, 6.07) is 0. The van der Waals surface area contributed by atoms with Gasteiger partial charge in [-0.3, -0.25) is 0 Å². The minimum absolute atomic E-state index is 1.00. The number of aryl methyl sites for hydroxylation is 1. The lowest BCUT2D eigenvalue weighted by Crippen LogP contribution is -2.22. The molecule has 0 saturated heterocycles. The van der Waals surface area contributed by atoms with Crippen molar-refractivity contribution in [2.75, 3.05) is 18.0 Å². The molecule has 3 nitrogen and oxygen atoms in total. The highest BCUT2D eigenvalue weighted by Crippen LogP contribution is 2.15. The number of aromatic nitrogens is 2. The van der Waals surface area contributed by atoms with Gasteiger partial charge < -0.3 is 4.90 Å². The van der Waals surface area contributed by atoms with E-state index in [1.807, 2.05) is 6.92 Å². The van der Waals surface area contributed by atoms with Gasteiger partial charge in [-0.25, -0.2) is 0 Å². The lowest BCUT2D eigenvalue weighted by Gasteiger charge is -2.17. The van der Waals surface area contributed by atoms with E-state index in [-0.39, 0.29) is 0 Å². The molecule has 1 heterocycles. The van der Waals surface area contributed by atoms with Crippen molar-refractivity contribution in [2.45, 2.75) is 20.8 Å². The molecule has 4 heteroatoms. The maximum absolute atomic E-state index is 4.21. The Morgan fingerprint density at radius 2 is 1.91 bits per heavy atom. The predicted octanol–water partition coefficient (Wildman–Crippen LogP) is 1.69. The number of hydrogen-bond acceptors (Lipinski definition) is 4. The Balaban J connectivity index is 2.81. The van der Waals surface area contributed by atoms with Crippen molar-refractivity contribution in [1.82, 2.24) is 8.75 Å². The van der Waals surface area contributed by atoms with E-state index in [2.05, 4.69) is 27.5 Å². The Kier molecular flexibility index (Phi) is 2.82. The molecule has 0 saturated carbocycles. The SMILES string of the molecule is CCN(CC)c1nsnc1C. The van der Waals surface area contributed by atoms with Gasteiger partial charge in [0.25, 0.3) is 0 Å². The zero-order valence-corrected chi connectivity index (χ0v) is 7.98. The highest BCUT2D eigenvalue weighted by atomic mass is 32.1. The van der Waals surface area contributed by atoms with Crippen LogP contribution in [0.5, 0.6) is 0 Å². The fourth-order valence-electron chi connectivity index (χ4n) is 1.04. The van der Waals surface area contributed by atoms with E-state index in [1.54, 1.807) is 0 Å². The molecule has 0 fully saturated rings. The average Bonchev–Trinajstić information content (AvgIpc) is 2.40. The summed E-state index contributed by atoms with van der Waals surface area (Å²) in [6.45, 7) is 8.26. The normalized spacial score (nSPS) is 10.1. The Morgan fingerprint density at radius 1 is 1.27 bits per heavy atom. The zero-order valence-electron chi connectivity index (χ0n) is 7.16. The van der Waals surface area contributed by atoms with Crippen molar-refractivity contribution in [1.29, 1.82) is 0 Å². The standard InChI is InChI=1S/C7H13N3S/c1-4-10(5-2)7-6(3)8-11-9-7/h4-5H2,1-3H3. The first-order valence-corrected chi connectivity index (χ1v) is 4.56. The molecule has 1 aromatic heterocycles. The molecule has 0 bridgehead atoms. The van der Waals surface area contributed by atoms with Gasteiger partial charge in [0.2, 0.25) is 0 Å². The lowest BCUT2D eigenvalue weighted by atomic mass is 10.4. The summed E-state index contributed by atoms with van der Waals surface area (Å²) < 4.78 is 8.34. The molecule has 0 aromatic carbocycles. The number of hydrogen-bond donors (Lipinski definition) is 0. The first-order chi connectivity index (χ1) is 5.29. The number of rotatable bonds is 3. The molecule has 0 radical (unpaired) electrons. The first kappa shape index (κ1) is 8.46. The van der Waals surface area contributed by atoms with E-state index in [0.29, 0.717) is 0 Å². The molecule has 0 N–H and O–H groups in total. The van der Waals surface area contributed by atoms with Gasteiger partial charge in [-0.1, -0.05) is 0 Å². The molecule has 1 aromatic rings. The summed E-state index contributed by atoms with van der Waals surface area (Å²) >= 11 is 1.28. The summed E-state index contributed by atoms with van der Waals surface area (Å²) in [7, 11) is 0. The summed E-state index contributed by atoms with van der Waals surface area (Å²) in [6.07, 6.45) is 0. The van der Waals surface area contributed by atoms with Crippen LogP contribution >= 0.6 is 11.7 Å². The molecule has 11 heavy (non-hydrogen) atoms. The van der Waals surface area contributed by atoms with E-state index in [4.69, 9.17) is 0 Å². The highest BCUT2D eigenvalue weighted by Gasteiger charge is 2.08. The third-order valence-corrected chi connectivity index (χ3v) is 2.30. The van der Waals surface area contributed by atoms with E-state index >= 15 is 0 Å². The quantitative estimate of drug-likeness (QED) is 0.693. The van der Waals surface area contributed by atoms with Crippen LogP contribution in [0.1, 0.15) is 19.5 Å². The third kappa shape index (κ3) is 1.68. The van der Waals surface area contributed by atoms with Gasteiger partial charge in [-0.15, -0.1) is 0 Å². The van der Waals surface area contributed by atoms with Crippen molar-refractivity contribution in [3.05, 3.63) is 5.69 Å². The molecule has 0 atom stereocenters. The van der Waals surface area contributed by atoms with Crippen molar-refractivity contribution in [3.8, 4) is 0 Å². The Labute approximate surface area is 71.4 Å². The van der Waals surface area contributed by atoms with Crippen LogP contribution in [0, 0.1) is 6.92 Å². The maximum Gasteiger partial charge on any atom is 0.165 e. The molecule has 0 aliphatic heterocycles. The zero-order chi connectivity index (χ0) is 8.27. The number of anilines is 1. The Morgan fingerprint density at radius 3 is 2.27 bits per heavy atom. The topological polar surface area (TPSA) is 29.0 Å². The number of nitrogens with zero attached hydrogens (tertiary/aromatic N) is 3. The largest absolute Gasteiger partial charge is 0.355 e. The van der Waals surface area contributed by atoms with Gasteiger partial charge in [-0.05, 0) is 20.8 Å². The molecule has 0 spiro atoms. The van der Waals surface area contributed by atoms with E-state index in [0.717, 1.165) is 24.6 Å². The summed E-state index contributed by atoms with van der Waals surface area (Å²) in [4.78, 5) is 2.21. The van der Waals surface area contributed by atoms with E-state index < -0.39 is 0 Å². The second kappa shape index (κ2) is 3.67. The Bertz CT molecular complexity index is 217. The van der Waals surface area contributed by atoms with Crippen LogP contribution in [-0.4, -0.2) is 21.8 Å². The van der Waals surface area contributed by atoms with Crippen LogP contribution < -0.4 is 4.90 Å². The third-order valence-electron chi connectivity index (χ3n) is 1.69. The van der Waals surface area contributed by atoms with E-state index in [9.17, 15) is 0 Å². The van der Waals surface area contributed by atoms with Crippen molar-refractivity contribution in [2.24, 2.45) is 0 Å². The van der Waals surface area contributed by atoms with E-state index in [1.165, 1.54) is 11.7 Å². The molecule has 0 amide bonds. The second-order valence-electron chi connectivity index (χ2n) is 2.35. The first-order valence-electron chi connectivity index (χ1n) is 3.83. The molecule has 1 rings (SSSR count). The molecule has 62 valence electrons. The van der Waals surface area contributed by atoms with Crippen LogP contribution in [0.15, 0.2) is 0 Å². The average molecular weight is 171 g/mol. The molecule has 0 aliphatic rings. The summed E-state index contributed by atoms with van der Waals surface area (Å²) in [5.74, 6) is 1.04. The summed E-state index contributed by atoms with van der Waals surface area (Å²) in [5, 5.41) is 0. The van der Waals surface area contributed by atoms with Crippen LogP contribution in [0.25, 0.3) is 0 Å². The van der Waals surface area contributed by atoms with Gasteiger partial charge in [0, 0.05) is 13.1 Å². The highest BCUT2D eigenvalue weighted by molar-refractivity contribution is 6.99. The fraction of sp³-hybridized carbons (Fsp3) is 0.714. The van der Waals surface area contributed by atoms with Crippen molar-refractivity contribution in [3.63, 3.8) is 0 Å². The van der Waals surface area contributed by atoms with Crippen LogP contribution in [0.3, 0.4) is 0 Å². The molecule has 0 aliphatic carbocycles. The second-order valence-corrected chi connectivity index (χ2v) is 2.87. The lowest BCUT2D eigenvalue weighted by molar-refractivity contribution is 0.848. The minimum Gasteiger partial charge on any atom is -0.355 e. The van der Waals surface area contributed by atoms with Gasteiger partial charge in [-0.2, -0.15) is 8.75 Å². The van der Waals surface area contributed by atoms with Gasteiger partial charge >= 0.3 is 0 Å². The van der Waals surface area contributed by atoms with Gasteiger partial charge in [0.05, 0.1) is 17.4 Å². The summed E-state index contributed by atoms with van der Waals surface area (Å²) in [5.41, 5.74) is 1.04. The van der Waals surface area contributed by atoms with Crippen molar-refractivity contribution < 1.29 is 0 Å². The van der Waals surface area contributed by atoms with Crippen LogP contribution in [0.2, 0.25) is 0 Å². The smallest absolute Gasteiger partial charge is 0.165 e. The molecular weight excluding hydrogens is 158 g/mol. The van der Waals surface area contributed by atoms with Gasteiger partial charge in [0.1, 0.15) is 0 Å². The predicted molar refractivity (Wildman–Crippen MR) is 48.2 cm³/mol. The molecular formula is C7H13N3S. The Hall–Kier alpha value is -0.640. The van der Waals surface area contributed by atoms with Crippen LogP contribution in [-0.2, 0) is 0 Å². The fourth-order valence-corrected chi connectivity index (χ4v) is 1.61. The van der Waals surface area contributed by atoms with Crippen molar-refractivity contribution >= 4 is 17.5 Å². The van der Waals surface area contributed by atoms with Gasteiger partial charge in [0.15, 0.2) is 5.82 Å². The molecule has 0 unspecified atom stereocenters. The maximum atomic E-state index is 4.21. The monoisotopic (exact) mass is 171 g/mol. The minimum atomic E-state index is 1.00.